The summed E-state index contributed by atoms with van der Waals surface area (Å²) in [5, 5.41) is 0. The van der Waals surface area contributed by atoms with Crippen molar-refractivity contribution in [3.8, 4) is 0 Å². The molecule has 0 heterocycles. The molecule has 0 saturated heterocycles. The van der Waals surface area contributed by atoms with Crippen molar-refractivity contribution in [3.05, 3.63) is 0 Å². The molecule has 0 bridgehead atoms. The van der Waals surface area contributed by atoms with E-state index in [4.69, 9.17) is 13.3 Å². The van der Waals surface area contributed by atoms with E-state index in [0.717, 1.165) is 0 Å². The summed E-state index contributed by atoms with van der Waals surface area (Å²) in [6.45, 7) is 4.37. The molecule has 0 aromatic heterocycles. The van der Waals surface area contributed by atoms with Crippen molar-refractivity contribution >= 4 is 8.80 Å². The molecule has 0 aliphatic heterocycles. The largest absolute Gasteiger partial charge is 0.500 e. The van der Waals surface area contributed by atoms with Crippen LogP contribution < -0.4 is 0 Å². The third kappa shape index (κ3) is 6.13. The van der Waals surface area contributed by atoms with Gasteiger partial charge in [0.05, 0.1) is 0 Å². The Hall–Kier alpha value is -0.113. The van der Waals surface area contributed by atoms with E-state index in [2.05, 4.69) is 0 Å². The highest BCUT2D eigenvalue weighted by Gasteiger charge is 2.42. The average Bonchev–Trinajstić information content (AvgIpc) is 2.14. The van der Waals surface area contributed by atoms with Crippen LogP contribution in [-0.2, 0) is 13.3 Å². The van der Waals surface area contributed by atoms with Gasteiger partial charge < -0.3 is 13.3 Å². The molecule has 3 nitrogen and oxygen atoms in total. The van der Waals surface area contributed by atoms with E-state index in [1.807, 2.05) is 0 Å². The van der Waals surface area contributed by atoms with Crippen LogP contribution in [0.1, 0.15) is 20.8 Å². The molecule has 0 fully saturated rings. The van der Waals surface area contributed by atoms with Gasteiger partial charge in [-0.25, -0.2) is 0 Å². The molecular formula is C8H17F3O3Si. The predicted molar refractivity (Wildman–Crippen MR) is 51.5 cm³/mol. The monoisotopic (exact) mass is 246 g/mol. The fourth-order valence-corrected chi connectivity index (χ4v) is 3.19. The molecule has 0 aromatic carbocycles. The minimum Gasteiger partial charge on any atom is -0.374 e. The molecule has 15 heavy (non-hydrogen) atoms. The van der Waals surface area contributed by atoms with Crippen LogP contribution in [0.3, 0.4) is 0 Å². The van der Waals surface area contributed by atoms with E-state index < -0.39 is 21.6 Å². The summed E-state index contributed by atoms with van der Waals surface area (Å²) in [6.07, 6.45) is -4.35. The molecule has 0 radical (unpaired) electrons. The van der Waals surface area contributed by atoms with Crippen molar-refractivity contribution < 1.29 is 26.4 Å². The van der Waals surface area contributed by atoms with Crippen LogP contribution in [0.5, 0.6) is 0 Å². The lowest BCUT2D eigenvalue weighted by molar-refractivity contribution is -0.164. The highest BCUT2D eigenvalue weighted by atomic mass is 28.4. The van der Waals surface area contributed by atoms with Crippen molar-refractivity contribution in [2.24, 2.45) is 0 Å². The minimum atomic E-state index is -4.35. The minimum absolute atomic E-state index is 0.290. The van der Waals surface area contributed by atoms with Gasteiger partial charge in [-0.15, -0.1) is 0 Å². The summed E-state index contributed by atoms with van der Waals surface area (Å²) >= 11 is 0. The Bertz CT molecular complexity index is 169. The predicted octanol–water partition coefficient (Wildman–Crippen LogP) is 2.60. The summed E-state index contributed by atoms with van der Waals surface area (Å²) in [5.41, 5.74) is 0. The second kappa shape index (κ2) is 6.47. The molecule has 0 amide bonds. The normalized spacial score (nSPS) is 13.2. The summed E-state index contributed by atoms with van der Waals surface area (Å²) in [7, 11) is -3.10. The molecule has 0 N–H and O–H groups in total. The van der Waals surface area contributed by atoms with Crippen molar-refractivity contribution in [2.75, 3.05) is 19.8 Å². The highest BCUT2D eigenvalue weighted by Crippen LogP contribution is 2.21. The highest BCUT2D eigenvalue weighted by molar-refractivity contribution is 6.60. The zero-order valence-corrected chi connectivity index (χ0v) is 10.2. The van der Waals surface area contributed by atoms with Gasteiger partial charge in [-0.05, 0) is 13.8 Å². The summed E-state index contributed by atoms with van der Waals surface area (Å²) in [5.74, 6) is 0. The molecule has 0 aromatic rings. The van der Waals surface area contributed by atoms with Gasteiger partial charge in [-0.2, -0.15) is 13.2 Å². The van der Waals surface area contributed by atoms with E-state index in [1.54, 1.807) is 20.8 Å². The van der Waals surface area contributed by atoms with Gasteiger partial charge >= 0.3 is 15.0 Å². The van der Waals surface area contributed by atoms with Crippen LogP contribution in [0.25, 0.3) is 0 Å². The van der Waals surface area contributed by atoms with Gasteiger partial charge in [0.25, 0.3) is 0 Å². The maximum Gasteiger partial charge on any atom is 0.500 e. The van der Waals surface area contributed by atoms with E-state index in [9.17, 15) is 13.2 Å². The van der Waals surface area contributed by atoms with Crippen molar-refractivity contribution in [1.82, 2.24) is 0 Å². The van der Waals surface area contributed by atoms with Gasteiger partial charge in [-0.3, -0.25) is 0 Å². The van der Waals surface area contributed by atoms with Crippen LogP contribution in [0, 0.1) is 0 Å². The number of halogens is 3. The Labute approximate surface area is 88.9 Å². The Kier molecular flexibility index (Phi) is 6.42. The van der Waals surface area contributed by atoms with Crippen molar-refractivity contribution in [3.63, 3.8) is 0 Å². The first kappa shape index (κ1) is 14.9. The molecule has 0 aliphatic rings. The number of hydrogen-bond acceptors (Lipinski definition) is 3. The lowest BCUT2D eigenvalue weighted by Gasteiger charge is -2.28. The van der Waals surface area contributed by atoms with E-state index in [-0.39, 0.29) is 13.2 Å². The summed E-state index contributed by atoms with van der Waals surface area (Å²) in [6, 6.07) is 0.338. The molecule has 0 aliphatic carbocycles. The molecule has 0 spiro atoms. The van der Waals surface area contributed by atoms with E-state index in [0.29, 0.717) is 6.04 Å². The number of alkyl halides is 3. The fraction of sp³-hybridized carbons (Fsp3) is 1.00. The second-order valence-electron chi connectivity index (χ2n) is 2.81. The van der Waals surface area contributed by atoms with E-state index in [1.165, 1.54) is 0 Å². The summed E-state index contributed by atoms with van der Waals surface area (Å²) in [4.78, 5) is 0. The van der Waals surface area contributed by atoms with Gasteiger partial charge in [0.15, 0.2) is 0 Å². The third-order valence-corrected chi connectivity index (χ3v) is 4.52. The zero-order chi connectivity index (χ0) is 11.9. The van der Waals surface area contributed by atoms with Gasteiger partial charge in [0.2, 0.25) is 0 Å². The van der Waals surface area contributed by atoms with Crippen LogP contribution in [0.4, 0.5) is 13.2 Å². The maximum atomic E-state index is 12.0. The molecule has 92 valence electrons. The smallest absolute Gasteiger partial charge is 0.374 e. The standard InChI is InChI=1S/C8H17F3O3Si/c1-4-12-15(6-3,13-5-2)14-7-8(9,10)11/h4-7H2,1-3H3. The quantitative estimate of drug-likeness (QED) is 0.646. The summed E-state index contributed by atoms with van der Waals surface area (Å²) < 4.78 is 51.2. The van der Waals surface area contributed by atoms with Crippen molar-refractivity contribution in [1.29, 1.82) is 0 Å². The average molecular weight is 246 g/mol. The van der Waals surface area contributed by atoms with Gasteiger partial charge in [-0.1, -0.05) is 6.92 Å². The van der Waals surface area contributed by atoms with Gasteiger partial charge in [0.1, 0.15) is 6.61 Å². The zero-order valence-electron chi connectivity index (χ0n) is 9.19. The topological polar surface area (TPSA) is 27.7 Å². The second-order valence-corrected chi connectivity index (χ2v) is 5.75. The molecular weight excluding hydrogens is 229 g/mol. The van der Waals surface area contributed by atoms with Crippen LogP contribution >= 0.6 is 0 Å². The van der Waals surface area contributed by atoms with Crippen molar-refractivity contribution in [2.45, 2.75) is 33.0 Å². The first-order valence-corrected chi connectivity index (χ1v) is 6.81. The third-order valence-electron chi connectivity index (χ3n) is 1.62. The molecule has 7 heteroatoms. The Morgan fingerprint density at radius 3 is 1.67 bits per heavy atom. The number of hydrogen-bond donors (Lipinski definition) is 0. The fourth-order valence-electron chi connectivity index (χ4n) is 1.06. The molecule has 0 unspecified atom stereocenters. The van der Waals surface area contributed by atoms with Crippen LogP contribution in [-0.4, -0.2) is 34.8 Å². The Balaban J connectivity index is 4.33. The van der Waals surface area contributed by atoms with Crippen LogP contribution in [0.15, 0.2) is 0 Å². The Morgan fingerprint density at radius 1 is 0.933 bits per heavy atom. The molecule has 0 rings (SSSR count). The molecule has 0 atom stereocenters. The Morgan fingerprint density at radius 2 is 1.40 bits per heavy atom. The van der Waals surface area contributed by atoms with Gasteiger partial charge in [0, 0.05) is 19.3 Å². The molecule has 0 saturated carbocycles. The first-order chi connectivity index (χ1) is 6.89. The van der Waals surface area contributed by atoms with Crippen LogP contribution in [0.2, 0.25) is 6.04 Å². The first-order valence-electron chi connectivity index (χ1n) is 4.87. The SMILES string of the molecule is CCO[Si](CC)(OCC)OCC(F)(F)F. The lowest BCUT2D eigenvalue weighted by atomic mass is 10.7. The lowest BCUT2D eigenvalue weighted by Crippen LogP contribution is -2.47. The number of rotatable bonds is 7. The van der Waals surface area contributed by atoms with E-state index >= 15 is 0 Å². The maximum absolute atomic E-state index is 12.0.